The third-order valence-electron chi connectivity index (χ3n) is 3.07. The Kier molecular flexibility index (Phi) is 5.05. The fourth-order valence-electron chi connectivity index (χ4n) is 1.89. The molecule has 118 valence electrons. The summed E-state index contributed by atoms with van der Waals surface area (Å²) in [5.41, 5.74) is 0.889. The molecule has 3 rings (SSSR count). The number of aryl methyl sites for hydroxylation is 1. The Hall–Kier alpha value is -2.18. The SMILES string of the molecule is O=C(CCc1nc(-c2cccs2)no1)OCc1ccc(Cl)cc1. The van der Waals surface area contributed by atoms with Crippen LogP contribution in [0.2, 0.25) is 5.02 Å². The van der Waals surface area contributed by atoms with Crippen LogP contribution in [0.25, 0.3) is 10.7 Å². The van der Waals surface area contributed by atoms with Crippen LogP contribution in [-0.2, 0) is 22.6 Å². The topological polar surface area (TPSA) is 65.2 Å². The second kappa shape index (κ2) is 7.39. The Labute approximate surface area is 141 Å². The summed E-state index contributed by atoms with van der Waals surface area (Å²) in [4.78, 5) is 17.0. The van der Waals surface area contributed by atoms with Gasteiger partial charge in [0.1, 0.15) is 6.61 Å². The van der Waals surface area contributed by atoms with Crippen LogP contribution in [-0.4, -0.2) is 16.1 Å². The van der Waals surface area contributed by atoms with Gasteiger partial charge in [0.05, 0.1) is 11.3 Å². The zero-order valence-electron chi connectivity index (χ0n) is 12.1. The first-order chi connectivity index (χ1) is 11.2. The normalized spacial score (nSPS) is 10.7. The molecule has 0 aliphatic rings. The first kappa shape index (κ1) is 15.7. The third kappa shape index (κ3) is 4.40. The molecule has 0 unspecified atom stereocenters. The fraction of sp³-hybridized carbons (Fsp3) is 0.188. The fourth-order valence-corrected chi connectivity index (χ4v) is 2.66. The molecule has 0 bridgehead atoms. The zero-order chi connectivity index (χ0) is 16.1. The van der Waals surface area contributed by atoms with E-state index in [1.54, 1.807) is 12.1 Å². The van der Waals surface area contributed by atoms with Gasteiger partial charge < -0.3 is 9.26 Å². The number of hydrogen-bond donors (Lipinski definition) is 0. The van der Waals surface area contributed by atoms with Gasteiger partial charge in [-0.3, -0.25) is 4.79 Å². The van der Waals surface area contributed by atoms with Gasteiger partial charge in [0.2, 0.25) is 11.7 Å². The van der Waals surface area contributed by atoms with Crippen LogP contribution in [0.3, 0.4) is 0 Å². The van der Waals surface area contributed by atoms with Gasteiger partial charge in [0.15, 0.2) is 0 Å². The van der Waals surface area contributed by atoms with Crippen molar-refractivity contribution in [2.45, 2.75) is 19.4 Å². The number of nitrogens with zero attached hydrogens (tertiary/aromatic N) is 2. The highest BCUT2D eigenvalue weighted by molar-refractivity contribution is 7.13. The van der Waals surface area contributed by atoms with Gasteiger partial charge >= 0.3 is 5.97 Å². The number of ether oxygens (including phenoxy) is 1. The molecule has 0 N–H and O–H groups in total. The number of esters is 1. The van der Waals surface area contributed by atoms with Gasteiger partial charge in [-0.05, 0) is 29.1 Å². The Morgan fingerprint density at radius 3 is 2.83 bits per heavy atom. The summed E-state index contributed by atoms with van der Waals surface area (Å²) in [6.45, 7) is 0.223. The molecule has 0 fully saturated rings. The molecule has 0 aliphatic carbocycles. The molecule has 2 heterocycles. The lowest BCUT2D eigenvalue weighted by molar-refractivity contribution is -0.145. The van der Waals surface area contributed by atoms with E-state index in [0.29, 0.717) is 23.2 Å². The van der Waals surface area contributed by atoms with Crippen molar-refractivity contribution in [3.05, 3.63) is 58.3 Å². The number of thiophene rings is 1. The molecule has 7 heteroatoms. The van der Waals surface area contributed by atoms with Crippen molar-refractivity contribution < 1.29 is 14.1 Å². The standard InChI is InChI=1S/C16H13ClN2O3S/c17-12-5-3-11(4-6-12)10-21-15(20)8-7-14-18-16(19-22-14)13-2-1-9-23-13/h1-6,9H,7-8,10H2. The van der Waals surface area contributed by atoms with E-state index in [4.69, 9.17) is 20.9 Å². The van der Waals surface area contributed by atoms with Crippen LogP contribution < -0.4 is 0 Å². The lowest BCUT2D eigenvalue weighted by Gasteiger charge is -2.04. The smallest absolute Gasteiger partial charge is 0.306 e. The lowest BCUT2D eigenvalue weighted by atomic mass is 10.2. The number of hydrogen-bond acceptors (Lipinski definition) is 6. The summed E-state index contributed by atoms with van der Waals surface area (Å²) in [6.07, 6.45) is 0.553. The van der Waals surface area contributed by atoms with Crippen LogP contribution >= 0.6 is 22.9 Å². The van der Waals surface area contributed by atoms with E-state index in [-0.39, 0.29) is 19.0 Å². The quantitative estimate of drug-likeness (QED) is 0.627. The maximum atomic E-state index is 11.8. The van der Waals surface area contributed by atoms with Crippen molar-refractivity contribution in [2.75, 3.05) is 0 Å². The van der Waals surface area contributed by atoms with E-state index in [9.17, 15) is 4.79 Å². The van der Waals surface area contributed by atoms with Crippen molar-refractivity contribution in [3.8, 4) is 10.7 Å². The predicted octanol–water partition coefficient (Wildman–Crippen LogP) is 4.13. The minimum Gasteiger partial charge on any atom is -0.461 e. The van der Waals surface area contributed by atoms with Gasteiger partial charge in [0.25, 0.3) is 0 Å². The second-order valence-electron chi connectivity index (χ2n) is 4.78. The Morgan fingerprint density at radius 2 is 2.09 bits per heavy atom. The molecule has 0 radical (unpaired) electrons. The number of halogens is 1. The first-order valence-electron chi connectivity index (χ1n) is 6.97. The Balaban J connectivity index is 1.46. The van der Waals surface area contributed by atoms with Crippen LogP contribution in [0, 0.1) is 0 Å². The van der Waals surface area contributed by atoms with Crippen molar-refractivity contribution in [1.29, 1.82) is 0 Å². The first-order valence-corrected chi connectivity index (χ1v) is 8.23. The molecule has 0 saturated carbocycles. The minimum absolute atomic E-state index is 0.194. The predicted molar refractivity (Wildman–Crippen MR) is 87.2 cm³/mol. The number of carbonyl (C=O) groups excluding carboxylic acids is 1. The highest BCUT2D eigenvalue weighted by Crippen LogP contribution is 2.21. The molecule has 0 aliphatic heterocycles. The molecule has 5 nitrogen and oxygen atoms in total. The molecule has 23 heavy (non-hydrogen) atoms. The zero-order valence-corrected chi connectivity index (χ0v) is 13.6. The second-order valence-corrected chi connectivity index (χ2v) is 6.16. The largest absolute Gasteiger partial charge is 0.461 e. The number of carbonyl (C=O) groups is 1. The molecular weight excluding hydrogens is 336 g/mol. The van der Waals surface area contributed by atoms with E-state index in [2.05, 4.69) is 10.1 Å². The van der Waals surface area contributed by atoms with Crippen LogP contribution in [0.15, 0.2) is 46.3 Å². The number of benzene rings is 1. The maximum absolute atomic E-state index is 11.8. The summed E-state index contributed by atoms with van der Waals surface area (Å²) in [5.74, 6) is 0.664. The molecule has 0 spiro atoms. The van der Waals surface area contributed by atoms with E-state index in [0.717, 1.165) is 10.4 Å². The maximum Gasteiger partial charge on any atom is 0.306 e. The molecule has 0 saturated heterocycles. The van der Waals surface area contributed by atoms with E-state index < -0.39 is 0 Å². The average Bonchev–Trinajstić information content (AvgIpc) is 3.23. The monoisotopic (exact) mass is 348 g/mol. The molecule has 1 aromatic carbocycles. The highest BCUT2D eigenvalue weighted by Gasteiger charge is 2.12. The number of aromatic nitrogens is 2. The summed E-state index contributed by atoms with van der Waals surface area (Å²) >= 11 is 7.34. The van der Waals surface area contributed by atoms with Gasteiger partial charge in [-0.25, -0.2) is 0 Å². The Morgan fingerprint density at radius 1 is 1.26 bits per heavy atom. The van der Waals surface area contributed by atoms with Crippen molar-refractivity contribution in [3.63, 3.8) is 0 Å². The molecular formula is C16H13ClN2O3S. The molecule has 0 atom stereocenters. The minimum atomic E-state index is -0.309. The van der Waals surface area contributed by atoms with E-state index in [1.807, 2.05) is 29.6 Å². The molecule has 0 amide bonds. The van der Waals surface area contributed by atoms with Gasteiger partial charge in [-0.2, -0.15) is 4.98 Å². The summed E-state index contributed by atoms with van der Waals surface area (Å²) in [7, 11) is 0. The van der Waals surface area contributed by atoms with Gasteiger partial charge in [-0.15, -0.1) is 11.3 Å². The van der Waals surface area contributed by atoms with Gasteiger partial charge in [-0.1, -0.05) is 35.0 Å². The lowest BCUT2D eigenvalue weighted by Crippen LogP contribution is -2.06. The van der Waals surface area contributed by atoms with Crippen molar-refractivity contribution in [1.82, 2.24) is 10.1 Å². The number of rotatable bonds is 6. The summed E-state index contributed by atoms with van der Waals surface area (Å²) in [6, 6.07) is 11.0. The van der Waals surface area contributed by atoms with E-state index in [1.165, 1.54) is 11.3 Å². The molecule has 3 aromatic rings. The average molecular weight is 349 g/mol. The van der Waals surface area contributed by atoms with Crippen LogP contribution in [0.1, 0.15) is 17.9 Å². The summed E-state index contributed by atoms with van der Waals surface area (Å²) < 4.78 is 10.3. The Bertz CT molecular complexity index is 769. The highest BCUT2D eigenvalue weighted by atomic mass is 35.5. The van der Waals surface area contributed by atoms with Crippen molar-refractivity contribution in [2.24, 2.45) is 0 Å². The molecule has 2 aromatic heterocycles. The van der Waals surface area contributed by atoms with Crippen molar-refractivity contribution >= 4 is 28.9 Å². The summed E-state index contributed by atoms with van der Waals surface area (Å²) in [5, 5.41) is 6.49. The van der Waals surface area contributed by atoms with Crippen LogP contribution in [0.4, 0.5) is 0 Å². The van der Waals surface area contributed by atoms with Crippen LogP contribution in [0.5, 0.6) is 0 Å². The van der Waals surface area contributed by atoms with E-state index >= 15 is 0 Å². The van der Waals surface area contributed by atoms with Gasteiger partial charge in [0, 0.05) is 11.4 Å². The third-order valence-corrected chi connectivity index (χ3v) is 4.18.